The normalized spacial score (nSPS) is 10.6. The van der Waals surface area contributed by atoms with Crippen LogP contribution in [0.25, 0.3) is 0 Å². The van der Waals surface area contributed by atoms with Crippen LogP contribution < -0.4 is 10.6 Å². The fraction of sp³-hybridized carbons (Fsp3) is 0.643. The van der Waals surface area contributed by atoms with E-state index in [0.717, 1.165) is 32.4 Å². The van der Waals surface area contributed by atoms with Gasteiger partial charge in [-0.1, -0.05) is 13.3 Å². The van der Waals surface area contributed by atoms with E-state index in [1.165, 1.54) is 0 Å². The van der Waals surface area contributed by atoms with Crippen LogP contribution in [0.5, 0.6) is 0 Å². The molecule has 0 radical (unpaired) electrons. The van der Waals surface area contributed by atoms with E-state index < -0.39 is 0 Å². The summed E-state index contributed by atoms with van der Waals surface area (Å²) in [4.78, 5) is 13.9. The monoisotopic (exact) mass is 279 g/mol. The van der Waals surface area contributed by atoms with Gasteiger partial charge in [-0.15, -0.1) is 10.2 Å². The lowest BCUT2D eigenvalue weighted by Crippen LogP contribution is -2.28. The smallest absolute Gasteiger partial charge is 0.271 e. The fourth-order valence-electron chi connectivity index (χ4n) is 1.63. The van der Waals surface area contributed by atoms with E-state index in [1.54, 1.807) is 12.1 Å². The Morgan fingerprint density at radius 1 is 1.20 bits per heavy atom. The zero-order valence-corrected chi connectivity index (χ0v) is 12.6. The predicted octanol–water partition coefficient (Wildman–Crippen LogP) is 1.37. The van der Waals surface area contributed by atoms with Gasteiger partial charge in [0.15, 0.2) is 5.69 Å². The van der Waals surface area contributed by atoms with Crippen LogP contribution in [0.3, 0.4) is 0 Å². The third-order valence-electron chi connectivity index (χ3n) is 2.80. The number of nitrogens with zero attached hydrogens (tertiary/aromatic N) is 3. The van der Waals surface area contributed by atoms with Gasteiger partial charge in [-0.05, 0) is 45.6 Å². The van der Waals surface area contributed by atoms with Crippen LogP contribution in [-0.4, -0.2) is 54.7 Å². The van der Waals surface area contributed by atoms with E-state index in [1.807, 2.05) is 14.1 Å². The minimum absolute atomic E-state index is 0.170. The van der Waals surface area contributed by atoms with Crippen LogP contribution in [0.2, 0.25) is 0 Å². The summed E-state index contributed by atoms with van der Waals surface area (Å²) in [7, 11) is 4.02. The van der Waals surface area contributed by atoms with Crippen molar-refractivity contribution in [3.05, 3.63) is 17.8 Å². The highest BCUT2D eigenvalue weighted by molar-refractivity contribution is 5.92. The Labute approximate surface area is 121 Å². The lowest BCUT2D eigenvalue weighted by molar-refractivity contribution is 0.0946. The van der Waals surface area contributed by atoms with Crippen molar-refractivity contribution in [1.82, 2.24) is 20.4 Å². The van der Waals surface area contributed by atoms with Crippen molar-refractivity contribution in [3.63, 3.8) is 0 Å². The fourth-order valence-corrected chi connectivity index (χ4v) is 1.63. The first kappa shape index (κ1) is 16.4. The Morgan fingerprint density at radius 3 is 2.60 bits per heavy atom. The number of aromatic nitrogens is 2. The van der Waals surface area contributed by atoms with Crippen molar-refractivity contribution in [1.29, 1.82) is 0 Å². The molecule has 0 fully saturated rings. The number of nitrogens with one attached hydrogen (secondary N) is 2. The molecule has 1 aromatic heterocycles. The molecule has 0 unspecified atom stereocenters. The molecule has 112 valence electrons. The van der Waals surface area contributed by atoms with Crippen molar-refractivity contribution in [2.45, 2.75) is 26.2 Å². The summed E-state index contributed by atoms with van der Waals surface area (Å²) in [5.41, 5.74) is 0.357. The second kappa shape index (κ2) is 9.25. The SMILES string of the molecule is CCCCNc1ccc(C(=O)NCCCN(C)C)nn1. The molecule has 1 amide bonds. The summed E-state index contributed by atoms with van der Waals surface area (Å²) in [6.45, 7) is 4.61. The quantitative estimate of drug-likeness (QED) is 0.668. The number of rotatable bonds is 9. The molecule has 20 heavy (non-hydrogen) atoms. The minimum atomic E-state index is -0.170. The molecule has 2 N–H and O–H groups in total. The number of carbonyl (C=O) groups is 1. The highest BCUT2D eigenvalue weighted by Crippen LogP contribution is 2.02. The molecular formula is C14H25N5O. The number of anilines is 1. The molecule has 0 aliphatic rings. The van der Waals surface area contributed by atoms with E-state index in [0.29, 0.717) is 18.1 Å². The molecule has 1 heterocycles. The van der Waals surface area contributed by atoms with E-state index in [-0.39, 0.29) is 5.91 Å². The molecule has 6 heteroatoms. The number of hydrogen-bond donors (Lipinski definition) is 2. The van der Waals surface area contributed by atoms with Gasteiger partial charge >= 0.3 is 0 Å². The molecule has 0 aliphatic heterocycles. The van der Waals surface area contributed by atoms with Crippen molar-refractivity contribution < 1.29 is 4.79 Å². The van der Waals surface area contributed by atoms with Gasteiger partial charge in [-0.2, -0.15) is 0 Å². The second-order valence-electron chi connectivity index (χ2n) is 5.00. The summed E-state index contributed by atoms with van der Waals surface area (Å²) >= 11 is 0. The first-order valence-corrected chi connectivity index (χ1v) is 7.14. The Balaban J connectivity index is 2.33. The van der Waals surface area contributed by atoms with Crippen LogP contribution >= 0.6 is 0 Å². The molecule has 1 aromatic rings. The zero-order valence-electron chi connectivity index (χ0n) is 12.6. The van der Waals surface area contributed by atoms with Gasteiger partial charge in [0.05, 0.1) is 0 Å². The molecule has 0 aromatic carbocycles. The topological polar surface area (TPSA) is 70.2 Å². The summed E-state index contributed by atoms with van der Waals surface area (Å²) in [5, 5.41) is 13.9. The summed E-state index contributed by atoms with van der Waals surface area (Å²) < 4.78 is 0. The average Bonchev–Trinajstić information content (AvgIpc) is 2.44. The Hall–Kier alpha value is -1.69. The van der Waals surface area contributed by atoms with Crippen LogP contribution in [0.15, 0.2) is 12.1 Å². The van der Waals surface area contributed by atoms with Crippen molar-refractivity contribution in [3.8, 4) is 0 Å². The van der Waals surface area contributed by atoms with E-state index in [9.17, 15) is 4.79 Å². The Morgan fingerprint density at radius 2 is 2.00 bits per heavy atom. The molecule has 6 nitrogen and oxygen atoms in total. The van der Waals surface area contributed by atoms with Gasteiger partial charge in [0.2, 0.25) is 0 Å². The maximum atomic E-state index is 11.8. The van der Waals surface area contributed by atoms with Gasteiger partial charge in [0.25, 0.3) is 5.91 Å². The van der Waals surface area contributed by atoms with Crippen LogP contribution in [0, 0.1) is 0 Å². The van der Waals surface area contributed by atoms with Crippen LogP contribution in [-0.2, 0) is 0 Å². The van der Waals surface area contributed by atoms with E-state index in [2.05, 4.69) is 32.7 Å². The maximum Gasteiger partial charge on any atom is 0.271 e. The lowest BCUT2D eigenvalue weighted by atomic mass is 10.3. The average molecular weight is 279 g/mol. The molecule has 0 bridgehead atoms. The Kier molecular flexibility index (Phi) is 7.57. The molecular weight excluding hydrogens is 254 g/mol. The van der Waals surface area contributed by atoms with Gasteiger partial charge in [0, 0.05) is 13.1 Å². The standard InChI is InChI=1S/C14H25N5O/c1-4-5-9-15-13-8-7-12(17-18-13)14(20)16-10-6-11-19(2)3/h7-8H,4-6,9-11H2,1-3H3,(H,15,18)(H,16,20). The molecule has 0 saturated carbocycles. The number of carbonyl (C=O) groups excluding carboxylic acids is 1. The molecule has 0 atom stereocenters. The first-order valence-electron chi connectivity index (χ1n) is 7.14. The van der Waals surface area contributed by atoms with Gasteiger partial charge < -0.3 is 15.5 Å². The molecule has 0 saturated heterocycles. The highest BCUT2D eigenvalue weighted by Gasteiger charge is 2.07. The second-order valence-corrected chi connectivity index (χ2v) is 5.00. The number of unbranched alkanes of at least 4 members (excludes halogenated alkanes) is 1. The number of amides is 1. The van der Waals surface area contributed by atoms with Gasteiger partial charge in [-0.25, -0.2) is 0 Å². The Bertz CT molecular complexity index is 391. The summed E-state index contributed by atoms with van der Waals surface area (Å²) in [6.07, 6.45) is 3.15. The largest absolute Gasteiger partial charge is 0.369 e. The van der Waals surface area contributed by atoms with E-state index in [4.69, 9.17) is 0 Å². The minimum Gasteiger partial charge on any atom is -0.369 e. The summed E-state index contributed by atoms with van der Waals surface area (Å²) in [6, 6.07) is 3.49. The predicted molar refractivity (Wildman–Crippen MR) is 80.9 cm³/mol. The van der Waals surface area contributed by atoms with Gasteiger partial charge in [0.1, 0.15) is 5.82 Å². The van der Waals surface area contributed by atoms with E-state index >= 15 is 0 Å². The maximum absolute atomic E-state index is 11.8. The third-order valence-corrected chi connectivity index (χ3v) is 2.80. The molecule has 1 rings (SSSR count). The van der Waals surface area contributed by atoms with Crippen molar-refractivity contribution in [2.24, 2.45) is 0 Å². The number of hydrogen-bond acceptors (Lipinski definition) is 5. The third kappa shape index (κ3) is 6.47. The lowest BCUT2D eigenvalue weighted by Gasteiger charge is -2.09. The van der Waals surface area contributed by atoms with Gasteiger partial charge in [-0.3, -0.25) is 4.79 Å². The van der Waals surface area contributed by atoms with Crippen LogP contribution in [0.4, 0.5) is 5.82 Å². The van der Waals surface area contributed by atoms with Crippen LogP contribution in [0.1, 0.15) is 36.7 Å². The molecule has 0 spiro atoms. The van der Waals surface area contributed by atoms with Crippen molar-refractivity contribution in [2.75, 3.05) is 39.0 Å². The molecule has 0 aliphatic carbocycles. The summed E-state index contributed by atoms with van der Waals surface area (Å²) in [5.74, 6) is 0.541. The van der Waals surface area contributed by atoms with Crippen molar-refractivity contribution >= 4 is 11.7 Å². The zero-order chi connectivity index (χ0) is 14.8. The highest BCUT2D eigenvalue weighted by atomic mass is 16.1. The first-order chi connectivity index (χ1) is 9.63.